The van der Waals surface area contributed by atoms with Crippen molar-refractivity contribution in [1.29, 1.82) is 0 Å². The first-order valence-corrected chi connectivity index (χ1v) is 6.48. The molecule has 2 aromatic carbocycles. The molecular weight excluding hydrogens is 317 g/mol. The summed E-state index contributed by atoms with van der Waals surface area (Å²) in [6.07, 6.45) is 2.87. The lowest BCUT2D eigenvalue weighted by molar-refractivity contribution is 0.255. The third kappa shape index (κ3) is 4.02. The Kier molecular flexibility index (Phi) is 5.06. The van der Waals surface area contributed by atoms with E-state index in [2.05, 4.69) is 10.6 Å². The van der Waals surface area contributed by atoms with E-state index in [9.17, 15) is 18.0 Å². The quantitative estimate of drug-likeness (QED) is 0.798. The SMILES string of the molecule is O=C(N/C=C/c1cccc(Cl)c1)Nc1ccc(F)c(F)c1F. The second kappa shape index (κ2) is 7.00. The van der Waals surface area contributed by atoms with Gasteiger partial charge in [-0.05, 0) is 35.9 Å². The van der Waals surface area contributed by atoms with Gasteiger partial charge in [0.2, 0.25) is 0 Å². The Morgan fingerprint density at radius 2 is 1.86 bits per heavy atom. The summed E-state index contributed by atoms with van der Waals surface area (Å²) in [4.78, 5) is 11.5. The fourth-order valence-corrected chi connectivity index (χ4v) is 1.80. The zero-order chi connectivity index (χ0) is 16.1. The van der Waals surface area contributed by atoms with Crippen molar-refractivity contribution in [3.05, 3.63) is 70.6 Å². The van der Waals surface area contributed by atoms with Gasteiger partial charge in [-0.1, -0.05) is 23.7 Å². The molecule has 0 aliphatic rings. The second-order valence-electron chi connectivity index (χ2n) is 4.21. The number of anilines is 1. The van der Waals surface area contributed by atoms with E-state index in [1.807, 2.05) is 0 Å². The van der Waals surface area contributed by atoms with Crippen molar-refractivity contribution in [1.82, 2.24) is 5.32 Å². The summed E-state index contributed by atoms with van der Waals surface area (Å²) in [5, 5.41) is 4.91. The van der Waals surface area contributed by atoms with Crippen molar-refractivity contribution < 1.29 is 18.0 Å². The molecule has 0 aliphatic carbocycles. The van der Waals surface area contributed by atoms with Gasteiger partial charge in [0.25, 0.3) is 0 Å². The van der Waals surface area contributed by atoms with E-state index < -0.39 is 29.2 Å². The largest absolute Gasteiger partial charge is 0.323 e. The molecule has 0 aliphatic heterocycles. The molecule has 0 heterocycles. The maximum absolute atomic E-state index is 13.4. The van der Waals surface area contributed by atoms with E-state index >= 15 is 0 Å². The van der Waals surface area contributed by atoms with E-state index in [1.54, 1.807) is 30.3 Å². The predicted octanol–water partition coefficient (Wildman–Crippen LogP) is 4.55. The maximum atomic E-state index is 13.4. The predicted molar refractivity (Wildman–Crippen MR) is 79.0 cm³/mol. The minimum Gasteiger partial charge on any atom is -0.314 e. The van der Waals surface area contributed by atoms with E-state index in [0.29, 0.717) is 5.02 Å². The maximum Gasteiger partial charge on any atom is 0.323 e. The van der Waals surface area contributed by atoms with Crippen molar-refractivity contribution in [3.8, 4) is 0 Å². The van der Waals surface area contributed by atoms with Crippen LogP contribution in [0.1, 0.15) is 5.56 Å². The van der Waals surface area contributed by atoms with Crippen molar-refractivity contribution in [2.75, 3.05) is 5.32 Å². The molecule has 22 heavy (non-hydrogen) atoms. The molecule has 0 unspecified atom stereocenters. The first-order chi connectivity index (χ1) is 10.5. The van der Waals surface area contributed by atoms with Gasteiger partial charge in [0, 0.05) is 11.2 Å². The fourth-order valence-electron chi connectivity index (χ4n) is 1.60. The summed E-state index contributed by atoms with van der Waals surface area (Å²) in [7, 11) is 0. The van der Waals surface area contributed by atoms with Crippen LogP contribution in [0.5, 0.6) is 0 Å². The summed E-state index contributed by atoms with van der Waals surface area (Å²) < 4.78 is 39.1. The van der Waals surface area contributed by atoms with Gasteiger partial charge >= 0.3 is 6.03 Å². The van der Waals surface area contributed by atoms with Gasteiger partial charge < -0.3 is 10.6 Å². The van der Waals surface area contributed by atoms with Crippen LogP contribution in [0.2, 0.25) is 5.02 Å². The number of nitrogens with one attached hydrogen (secondary N) is 2. The third-order valence-electron chi connectivity index (χ3n) is 2.62. The lowest BCUT2D eigenvalue weighted by Crippen LogP contribution is -2.24. The highest BCUT2D eigenvalue weighted by atomic mass is 35.5. The van der Waals surface area contributed by atoms with Crippen LogP contribution in [-0.4, -0.2) is 6.03 Å². The average Bonchev–Trinajstić information content (AvgIpc) is 2.48. The molecule has 2 rings (SSSR count). The van der Waals surface area contributed by atoms with Crippen LogP contribution in [0.3, 0.4) is 0 Å². The van der Waals surface area contributed by atoms with Crippen molar-refractivity contribution in [2.45, 2.75) is 0 Å². The standard InChI is InChI=1S/C15H10ClF3N2O/c16-10-3-1-2-9(8-10)6-7-20-15(22)21-12-5-4-11(17)13(18)14(12)19/h1-8H,(H2,20,21,22)/b7-6+. The van der Waals surface area contributed by atoms with Gasteiger partial charge in [0.05, 0.1) is 5.69 Å². The molecule has 7 heteroatoms. The van der Waals surface area contributed by atoms with Gasteiger partial charge in [-0.15, -0.1) is 0 Å². The molecule has 0 saturated carbocycles. The minimum atomic E-state index is -1.65. The van der Waals surface area contributed by atoms with E-state index in [4.69, 9.17) is 11.6 Å². The Morgan fingerprint density at radius 1 is 1.09 bits per heavy atom. The molecule has 114 valence electrons. The number of benzene rings is 2. The van der Waals surface area contributed by atoms with E-state index in [-0.39, 0.29) is 0 Å². The number of carbonyl (C=O) groups excluding carboxylic acids is 1. The van der Waals surface area contributed by atoms with Crippen LogP contribution in [0.15, 0.2) is 42.6 Å². The zero-order valence-corrected chi connectivity index (χ0v) is 11.8. The van der Waals surface area contributed by atoms with Crippen LogP contribution >= 0.6 is 11.6 Å². The highest BCUT2D eigenvalue weighted by Crippen LogP contribution is 2.19. The van der Waals surface area contributed by atoms with Crippen LogP contribution in [-0.2, 0) is 0 Å². The van der Waals surface area contributed by atoms with E-state index in [0.717, 1.165) is 17.7 Å². The number of carbonyl (C=O) groups is 1. The Labute approximate surface area is 129 Å². The van der Waals surface area contributed by atoms with Crippen molar-refractivity contribution in [3.63, 3.8) is 0 Å². The summed E-state index contributed by atoms with van der Waals surface area (Å²) in [5.74, 6) is -4.44. The van der Waals surface area contributed by atoms with Crippen LogP contribution in [0, 0.1) is 17.5 Å². The van der Waals surface area contributed by atoms with Gasteiger partial charge in [0.1, 0.15) is 0 Å². The number of rotatable bonds is 3. The molecule has 0 atom stereocenters. The molecule has 0 spiro atoms. The molecule has 0 bridgehead atoms. The lowest BCUT2D eigenvalue weighted by atomic mass is 10.2. The number of hydrogen-bond donors (Lipinski definition) is 2. The van der Waals surface area contributed by atoms with Crippen LogP contribution in [0.4, 0.5) is 23.7 Å². The first-order valence-electron chi connectivity index (χ1n) is 6.10. The van der Waals surface area contributed by atoms with Crippen LogP contribution < -0.4 is 10.6 Å². The number of hydrogen-bond acceptors (Lipinski definition) is 1. The Bertz CT molecular complexity index is 735. The minimum absolute atomic E-state index is 0.465. The Hall–Kier alpha value is -2.47. The van der Waals surface area contributed by atoms with Gasteiger partial charge in [0.15, 0.2) is 17.5 Å². The average molecular weight is 327 g/mol. The lowest BCUT2D eigenvalue weighted by Gasteiger charge is -2.06. The Balaban J connectivity index is 1.98. The molecule has 0 saturated heterocycles. The van der Waals surface area contributed by atoms with Gasteiger partial charge in [-0.2, -0.15) is 0 Å². The monoisotopic (exact) mass is 326 g/mol. The number of urea groups is 1. The topological polar surface area (TPSA) is 41.1 Å². The smallest absolute Gasteiger partial charge is 0.314 e. The zero-order valence-electron chi connectivity index (χ0n) is 11.0. The molecule has 3 nitrogen and oxygen atoms in total. The highest BCUT2D eigenvalue weighted by Gasteiger charge is 2.14. The summed E-state index contributed by atoms with van der Waals surface area (Å²) in [6.45, 7) is 0. The Morgan fingerprint density at radius 3 is 2.59 bits per heavy atom. The van der Waals surface area contributed by atoms with Crippen LogP contribution in [0.25, 0.3) is 6.08 Å². The summed E-state index contributed by atoms with van der Waals surface area (Å²) in [5.41, 5.74) is 0.277. The molecule has 0 radical (unpaired) electrons. The summed E-state index contributed by atoms with van der Waals surface area (Å²) in [6, 6.07) is 7.71. The summed E-state index contributed by atoms with van der Waals surface area (Å²) >= 11 is 5.80. The molecule has 2 aromatic rings. The molecule has 2 amide bonds. The number of halogens is 4. The van der Waals surface area contributed by atoms with Gasteiger partial charge in [-0.25, -0.2) is 18.0 Å². The fraction of sp³-hybridized carbons (Fsp3) is 0. The van der Waals surface area contributed by atoms with Gasteiger partial charge in [-0.3, -0.25) is 0 Å². The van der Waals surface area contributed by atoms with Crippen molar-refractivity contribution in [2.24, 2.45) is 0 Å². The van der Waals surface area contributed by atoms with E-state index in [1.165, 1.54) is 6.20 Å². The first kappa shape index (κ1) is 15.9. The highest BCUT2D eigenvalue weighted by molar-refractivity contribution is 6.30. The third-order valence-corrected chi connectivity index (χ3v) is 2.86. The molecular formula is C15H10ClF3N2O. The number of amides is 2. The molecule has 0 fully saturated rings. The molecule has 0 aromatic heterocycles. The second-order valence-corrected chi connectivity index (χ2v) is 4.65. The molecule has 2 N–H and O–H groups in total. The van der Waals surface area contributed by atoms with Crippen molar-refractivity contribution >= 4 is 29.4 Å². The normalized spacial score (nSPS) is 10.7.